The minimum Gasteiger partial charge on any atom is -0.381 e. The van der Waals surface area contributed by atoms with Gasteiger partial charge in [0.25, 0.3) is 0 Å². The molecule has 3 nitrogen and oxygen atoms in total. The van der Waals surface area contributed by atoms with Crippen molar-refractivity contribution in [3.8, 4) is 0 Å². The van der Waals surface area contributed by atoms with Crippen molar-refractivity contribution >= 4 is 0 Å². The molecule has 1 fully saturated rings. The van der Waals surface area contributed by atoms with Crippen molar-refractivity contribution in [2.75, 3.05) is 20.3 Å². The summed E-state index contributed by atoms with van der Waals surface area (Å²) in [4.78, 5) is 4.28. The fourth-order valence-corrected chi connectivity index (χ4v) is 2.50. The number of aromatic nitrogens is 1. The second-order valence-corrected chi connectivity index (χ2v) is 4.93. The number of pyridine rings is 1. The van der Waals surface area contributed by atoms with Gasteiger partial charge in [0.15, 0.2) is 0 Å². The van der Waals surface area contributed by atoms with Gasteiger partial charge in [-0.15, -0.1) is 0 Å². The Hall–Kier alpha value is -0.930. The van der Waals surface area contributed by atoms with Gasteiger partial charge in [0.1, 0.15) is 0 Å². The van der Waals surface area contributed by atoms with E-state index in [1.807, 2.05) is 19.4 Å². The Morgan fingerprint density at radius 1 is 1.41 bits per heavy atom. The Labute approximate surface area is 104 Å². The van der Waals surface area contributed by atoms with Gasteiger partial charge in [0.2, 0.25) is 0 Å². The summed E-state index contributed by atoms with van der Waals surface area (Å²) < 4.78 is 5.41. The van der Waals surface area contributed by atoms with Crippen molar-refractivity contribution in [1.29, 1.82) is 0 Å². The molecule has 0 saturated carbocycles. The zero-order valence-electron chi connectivity index (χ0n) is 10.8. The SMILES string of the molecule is CNC(CC1CCOCC1)c1cncc(C)c1. The van der Waals surface area contributed by atoms with Gasteiger partial charge in [-0.05, 0) is 50.3 Å². The van der Waals surface area contributed by atoms with Crippen molar-refractivity contribution in [3.05, 3.63) is 29.6 Å². The van der Waals surface area contributed by atoms with E-state index in [2.05, 4.69) is 23.3 Å². The van der Waals surface area contributed by atoms with E-state index in [0.29, 0.717) is 6.04 Å². The zero-order chi connectivity index (χ0) is 12.1. The van der Waals surface area contributed by atoms with Crippen LogP contribution < -0.4 is 5.32 Å². The van der Waals surface area contributed by atoms with Crippen LogP contribution in [0.15, 0.2) is 18.5 Å². The lowest BCUT2D eigenvalue weighted by Gasteiger charge is -2.26. The fraction of sp³-hybridized carbons (Fsp3) is 0.643. The molecular weight excluding hydrogens is 212 g/mol. The third-order valence-electron chi connectivity index (χ3n) is 3.56. The normalized spacial score (nSPS) is 19.2. The van der Waals surface area contributed by atoms with Gasteiger partial charge in [-0.1, -0.05) is 6.07 Å². The Morgan fingerprint density at radius 2 is 2.18 bits per heavy atom. The van der Waals surface area contributed by atoms with E-state index in [4.69, 9.17) is 4.74 Å². The summed E-state index contributed by atoms with van der Waals surface area (Å²) >= 11 is 0. The third-order valence-corrected chi connectivity index (χ3v) is 3.56. The van der Waals surface area contributed by atoms with Crippen LogP contribution in [-0.2, 0) is 4.74 Å². The van der Waals surface area contributed by atoms with Crippen LogP contribution >= 0.6 is 0 Å². The Morgan fingerprint density at radius 3 is 2.82 bits per heavy atom. The molecule has 0 spiro atoms. The molecule has 1 aromatic heterocycles. The minimum absolute atomic E-state index is 0.422. The number of hydrogen-bond acceptors (Lipinski definition) is 3. The molecule has 2 rings (SSSR count). The number of rotatable bonds is 4. The smallest absolute Gasteiger partial charge is 0.0468 e. The van der Waals surface area contributed by atoms with Gasteiger partial charge >= 0.3 is 0 Å². The first-order valence-electron chi connectivity index (χ1n) is 6.46. The van der Waals surface area contributed by atoms with Crippen molar-refractivity contribution < 1.29 is 4.74 Å². The molecule has 1 N–H and O–H groups in total. The Bertz CT molecular complexity index is 348. The second kappa shape index (κ2) is 6.12. The third kappa shape index (κ3) is 3.51. The molecule has 94 valence electrons. The molecule has 0 aromatic carbocycles. The molecule has 1 aromatic rings. The van der Waals surface area contributed by atoms with Crippen LogP contribution in [0.5, 0.6) is 0 Å². The summed E-state index contributed by atoms with van der Waals surface area (Å²) in [5, 5.41) is 3.41. The van der Waals surface area contributed by atoms with Crippen molar-refractivity contribution in [3.63, 3.8) is 0 Å². The average Bonchev–Trinajstić information content (AvgIpc) is 2.37. The lowest BCUT2D eigenvalue weighted by molar-refractivity contribution is 0.0608. The van der Waals surface area contributed by atoms with Crippen molar-refractivity contribution in [1.82, 2.24) is 10.3 Å². The highest BCUT2D eigenvalue weighted by Gasteiger charge is 2.19. The van der Waals surface area contributed by atoms with Crippen LogP contribution in [0.3, 0.4) is 0 Å². The van der Waals surface area contributed by atoms with Crippen molar-refractivity contribution in [2.24, 2.45) is 5.92 Å². The first kappa shape index (κ1) is 12.5. The van der Waals surface area contributed by atoms with E-state index < -0.39 is 0 Å². The molecule has 1 unspecified atom stereocenters. The van der Waals surface area contributed by atoms with Crippen molar-refractivity contribution in [2.45, 2.75) is 32.2 Å². The molecule has 0 amide bonds. The van der Waals surface area contributed by atoms with Gasteiger partial charge < -0.3 is 10.1 Å². The molecule has 0 bridgehead atoms. The lowest BCUT2D eigenvalue weighted by atomic mass is 9.90. The van der Waals surface area contributed by atoms with E-state index in [-0.39, 0.29) is 0 Å². The molecule has 0 aliphatic carbocycles. The highest BCUT2D eigenvalue weighted by atomic mass is 16.5. The molecule has 1 saturated heterocycles. The molecule has 1 aliphatic rings. The molecule has 1 aliphatic heterocycles. The predicted octanol–water partition coefficient (Wildman–Crippen LogP) is 2.47. The number of aryl methyl sites for hydroxylation is 1. The second-order valence-electron chi connectivity index (χ2n) is 4.93. The Kier molecular flexibility index (Phi) is 4.51. The van der Waals surface area contributed by atoms with E-state index in [1.165, 1.54) is 30.4 Å². The predicted molar refractivity (Wildman–Crippen MR) is 68.9 cm³/mol. The average molecular weight is 234 g/mol. The largest absolute Gasteiger partial charge is 0.381 e. The number of ether oxygens (including phenoxy) is 1. The standard InChI is InChI=1S/C14H22N2O/c1-11-7-13(10-16-9-11)14(15-2)8-12-3-5-17-6-4-12/h7,9-10,12,14-15H,3-6,8H2,1-2H3. The Balaban J connectivity index is 2.00. The number of nitrogens with one attached hydrogen (secondary N) is 1. The summed E-state index contributed by atoms with van der Waals surface area (Å²) in [6.07, 6.45) is 7.46. The maximum Gasteiger partial charge on any atom is 0.0468 e. The van der Waals surface area contributed by atoms with E-state index in [1.54, 1.807) is 0 Å². The first-order chi connectivity index (χ1) is 8.29. The summed E-state index contributed by atoms with van der Waals surface area (Å²) in [6.45, 7) is 3.94. The molecule has 2 heterocycles. The highest BCUT2D eigenvalue weighted by Crippen LogP contribution is 2.27. The van der Waals surface area contributed by atoms with Crippen LogP contribution in [-0.4, -0.2) is 25.2 Å². The zero-order valence-corrected chi connectivity index (χ0v) is 10.8. The monoisotopic (exact) mass is 234 g/mol. The van der Waals surface area contributed by atoms with Gasteiger partial charge in [0.05, 0.1) is 0 Å². The van der Waals surface area contributed by atoms with Gasteiger partial charge in [-0.3, -0.25) is 4.98 Å². The molecular formula is C14H22N2O. The maximum atomic E-state index is 5.41. The van der Waals surface area contributed by atoms with Gasteiger partial charge in [0, 0.05) is 31.6 Å². The van der Waals surface area contributed by atoms with Gasteiger partial charge in [-0.2, -0.15) is 0 Å². The van der Waals surface area contributed by atoms with Gasteiger partial charge in [-0.25, -0.2) is 0 Å². The lowest BCUT2D eigenvalue weighted by Crippen LogP contribution is -2.24. The highest BCUT2D eigenvalue weighted by molar-refractivity contribution is 5.20. The van der Waals surface area contributed by atoms with Crippen LogP contribution in [0.2, 0.25) is 0 Å². The molecule has 1 atom stereocenters. The first-order valence-corrected chi connectivity index (χ1v) is 6.46. The van der Waals surface area contributed by atoms with E-state index in [9.17, 15) is 0 Å². The molecule has 3 heteroatoms. The fourth-order valence-electron chi connectivity index (χ4n) is 2.50. The maximum absolute atomic E-state index is 5.41. The summed E-state index contributed by atoms with van der Waals surface area (Å²) in [5.74, 6) is 0.779. The topological polar surface area (TPSA) is 34.1 Å². The minimum atomic E-state index is 0.422. The molecule has 17 heavy (non-hydrogen) atoms. The quantitative estimate of drug-likeness (QED) is 0.869. The van der Waals surface area contributed by atoms with Crippen LogP contribution in [0.25, 0.3) is 0 Å². The number of hydrogen-bond donors (Lipinski definition) is 1. The van der Waals surface area contributed by atoms with Crippen LogP contribution in [0.4, 0.5) is 0 Å². The van der Waals surface area contributed by atoms with Crippen LogP contribution in [0.1, 0.15) is 36.4 Å². The summed E-state index contributed by atoms with van der Waals surface area (Å²) in [6, 6.07) is 2.65. The molecule has 0 radical (unpaired) electrons. The summed E-state index contributed by atoms with van der Waals surface area (Å²) in [7, 11) is 2.03. The summed E-state index contributed by atoms with van der Waals surface area (Å²) in [5.41, 5.74) is 2.54. The number of nitrogens with zero attached hydrogens (tertiary/aromatic N) is 1. The van der Waals surface area contributed by atoms with E-state index >= 15 is 0 Å². The van der Waals surface area contributed by atoms with Crippen LogP contribution in [0, 0.1) is 12.8 Å². The van der Waals surface area contributed by atoms with E-state index in [0.717, 1.165) is 19.1 Å².